The lowest BCUT2D eigenvalue weighted by Crippen LogP contribution is -2.16. The molecule has 16 heavy (non-hydrogen) atoms. The van der Waals surface area contributed by atoms with Crippen molar-refractivity contribution in [3.8, 4) is 0 Å². The van der Waals surface area contributed by atoms with E-state index in [0.29, 0.717) is 13.0 Å². The van der Waals surface area contributed by atoms with E-state index in [1.807, 2.05) is 6.92 Å². The molecule has 0 fully saturated rings. The van der Waals surface area contributed by atoms with Crippen LogP contribution in [0.25, 0.3) is 0 Å². The summed E-state index contributed by atoms with van der Waals surface area (Å²) in [5.41, 5.74) is 0. The third-order valence-corrected chi connectivity index (χ3v) is 2.00. The van der Waals surface area contributed by atoms with Gasteiger partial charge in [-0.2, -0.15) is 0 Å². The predicted molar refractivity (Wildman–Crippen MR) is 60.8 cm³/mol. The van der Waals surface area contributed by atoms with E-state index in [4.69, 9.17) is 9.47 Å². The Balaban J connectivity index is 4.24. The van der Waals surface area contributed by atoms with Crippen LogP contribution in [0.1, 0.15) is 34.1 Å². The van der Waals surface area contributed by atoms with Crippen LogP contribution in [0.2, 0.25) is 0 Å². The van der Waals surface area contributed by atoms with E-state index >= 15 is 0 Å². The highest BCUT2D eigenvalue weighted by molar-refractivity contribution is 5.74. The van der Waals surface area contributed by atoms with Gasteiger partial charge in [0.2, 0.25) is 0 Å². The minimum Gasteiger partial charge on any atom is -0.466 e. The highest BCUT2D eigenvalue weighted by Crippen LogP contribution is 2.08. The summed E-state index contributed by atoms with van der Waals surface area (Å²) in [5, 5.41) is 0. The number of carbonyl (C=O) groups excluding carboxylic acids is 2. The highest BCUT2D eigenvalue weighted by atomic mass is 16.5. The highest BCUT2D eigenvalue weighted by Gasteiger charge is 2.14. The number of rotatable bonds is 6. The smallest absolute Gasteiger partial charge is 0.312 e. The monoisotopic (exact) mass is 228 g/mol. The van der Waals surface area contributed by atoms with E-state index in [2.05, 4.69) is 0 Å². The molecule has 0 radical (unpaired) electrons. The zero-order chi connectivity index (χ0) is 12.6. The molecule has 4 nitrogen and oxygen atoms in total. The molecule has 0 aliphatic heterocycles. The molecule has 92 valence electrons. The largest absolute Gasteiger partial charge is 0.466 e. The molecule has 0 aliphatic rings. The molecule has 0 aromatic heterocycles. The Kier molecular flexibility index (Phi) is 7.25. The number of ether oxygens (including phenoxy) is 2. The lowest BCUT2D eigenvalue weighted by Gasteiger charge is -2.10. The lowest BCUT2D eigenvalue weighted by atomic mass is 10.1. The van der Waals surface area contributed by atoms with Crippen LogP contribution in [0.3, 0.4) is 0 Å². The standard InChI is InChI=1S/C12H20O4/c1-5-11(12(14)15-6-2)8-7-9(3)16-10(4)13/h7-9,11H,5-6H2,1-4H3/t9-,11+/m1/s1. The van der Waals surface area contributed by atoms with Crippen LogP contribution in [-0.4, -0.2) is 24.6 Å². The van der Waals surface area contributed by atoms with E-state index in [9.17, 15) is 9.59 Å². The number of carbonyl (C=O) groups is 2. The second kappa shape index (κ2) is 7.91. The van der Waals surface area contributed by atoms with Crippen LogP contribution in [0.15, 0.2) is 12.2 Å². The van der Waals surface area contributed by atoms with E-state index < -0.39 is 0 Å². The summed E-state index contributed by atoms with van der Waals surface area (Å²) in [6.07, 6.45) is 3.78. The molecule has 0 saturated carbocycles. The minimum atomic E-state index is -0.332. The molecular weight excluding hydrogens is 208 g/mol. The van der Waals surface area contributed by atoms with Crippen LogP contribution >= 0.6 is 0 Å². The van der Waals surface area contributed by atoms with Gasteiger partial charge in [-0.25, -0.2) is 0 Å². The topological polar surface area (TPSA) is 52.6 Å². The van der Waals surface area contributed by atoms with Crippen molar-refractivity contribution in [2.45, 2.75) is 40.2 Å². The van der Waals surface area contributed by atoms with Gasteiger partial charge in [0.15, 0.2) is 0 Å². The normalized spacial score (nSPS) is 14.5. The van der Waals surface area contributed by atoms with Gasteiger partial charge < -0.3 is 9.47 Å². The Morgan fingerprint density at radius 1 is 1.25 bits per heavy atom. The van der Waals surface area contributed by atoms with Crippen molar-refractivity contribution in [2.75, 3.05) is 6.61 Å². The molecule has 0 bridgehead atoms. The Morgan fingerprint density at radius 3 is 2.31 bits per heavy atom. The van der Waals surface area contributed by atoms with Crippen molar-refractivity contribution < 1.29 is 19.1 Å². The fourth-order valence-electron chi connectivity index (χ4n) is 1.22. The molecule has 0 saturated heterocycles. The molecule has 0 unspecified atom stereocenters. The van der Waals surface area contributed by atoms with Crippen LogP contribution < -0.4 is 0 Å². The Hall–Kier alpha value is -1.32. The van der Waals surface area contributed by atoms with Gasteiger partial charge in [-0.05, 0) is 26.3 Å². The zero-order valence-corrected chi connectivity index (χ0v) is 10.4. The van der Waals surface area contributed by atoms with Crippen molar-refractivity contribution >= 4 is 11.9 Å². The number of hydrogen-bond donors (Lipinski definition) is 0. The van der Waals surface area contributed by atoms with Gasteiger partial charge in [0.1, 0.15) is 6.10 Å². The molecule has 0 rings (SSSR count). The summed E-state index contributed by atoms with van der Waals surface area (Å²) < 4.78 is 9.82. The van der Waals surface area contributed by atoms with Gasteiger partial charge in [0.25, 0.3) is 0 Å². The second-order valence-electron chi connectivity index (χ2n) is 3.47. The maximum Gasteiger partial charge on any atom is 0.312 e. The zero-order valence-electron chi connectivity index (χ0n) is 10.4. The van der Waals surface area contributed by atoms with Gasteiger partial charge in [-0.3, -0.25) is 9.59 Å². The quantitative estimate of drug-likeness (QED) is 0.516. The van der Waals surface area contributed by atoms with Crippen LogP contribution in [-0.2, 0) is 19.1 Å². The molecule has 0 aliphatic carbocycles. The third-order valence-electron chi connectivity index (χ3n) is 2.00. The van der Waals surface area contributed by atoms with Crippen LogP contribution in [0, 0.1) is 5.92 Å². The molecule has 0 aromatic rings. The first-order chi connectivity index (χ1) is 7.51. The number of esters is 2. The molecule has 0 N–H and O–H groups in total. The molecule has 0 aromatic carbocycles. The summed E-state index contributed by atoms with van der Waals surface area (Å²) in [6, 6.07) is 0. The lowest BCUT2D eigenvalue weighted by molar-refractivity contribution is -0.146. The molecule has 0 heterocycles. The van der Waals surface area contributed by atoms with Crippen molar-refractivity contribution in [1.29, 1.82) is 0 Å². The summed E-state index contributed by atoms with van der Waals surface area (Å²) in [5.74, 6) is -0.837. The minimum absolute atomic E-state index is 0.240. The van der Waals surface area contributed by atoms with Crippen molar-refractivity contribution in [3.63, 3.8) is 0 Å². The molecule has 4 heteroatoms. The summed E-state index contributed by atoms with van der Waals surface area (Å²) >= 11 is 0. The second-order valence-corrected chi connectivity index (χ2v) is 3.47. The van der Waals surface area contributed by atoms with Crippen molar-refractivity contribution in [1.82, 2.24) is 0 Å². The van der Waals surface area contributed by atoms with Crippen LogP contribution in [0.5, 0.6) is 0 Å². The fraction of sp³-hybridized carbons (Fsp3) is 0.667. The Bertz CT molecular complexity index is 258. The van der Waals surface area contributed by atoms with E-state index in [-0.39, 0.29) is 24.0 Å². The SMILES string of the molecule is CCOC(=O)[C@H](C=C[C@@H](C)OC(C)=O)CC. The summed E-state index contributed by atoms with van der Waals surface area (Å²) in [7, 11) is 0. The molecule has 0 amide bonds. The average molecular weight is 228 g/mol. The van der Waals surface area contributed by atoms with Gasteiger partial charge in [-0.1, -0.05) is 13.0 Å². The maximum absolute atomic E-state index is 11.4. The van der Waals surface area contributed by atoms with Crippen molar-refractivity contribution in [2.24, 2.45) is 5.92 Å². The van der Waals surface area contributed by atoms with Gasteiger partial charge in [0.05, 0.1) is 12.5 Å². The first-order valence-corrected chi connectivity index (χ1v) is 5.53. The average Bonchev–Trinajstić information content (AvgIpc) is 2.17. The van der Waals surface area contributed by atoms with Crippen molar-refractivity contribution in [3.05, 3.63) is 12.2 Å². The number of hydrogen-bond acceptors (Lipinski definition) is 4. The van der Waals surface area contributed by atoms with Gasteiger partial charge >= 0.3 is 11.9 Å². The fourth-order valence-corrected chi connectivity index (χ4v) is 1.22. The van der Waals surface area contributed by atoms with E-state index in [0.717, 1.165) is 0 Å². The summed E-state index contributed by atoms with van der Waals surface area (Å²) in [4.78, 5) is 22.1. The molecule has 0 spiro atoms. The van der Waals surface area contributed by atoms with Gasteiger partial charge in [-0.15, -0.1) is 0 Å². The Morgan fingerprint density at radius 2 is 1.88 bits per heavy atom. The maximum atomic E-state index is 11.4. The van der Waals surface area contributed by atoms with Gasteiger partial charge in [0, 0.05) is 6.92 Å². The molecular formula is C12H20O4. The predicted octanol–water partition coefficient (Wildman–Crippen LogP) is 2.08. The molecule has 2 atom stereocenters. The Labute approximate surface area is 96.6 Å². The first kappa shape index (κ1) is 14.7. The van der Waals surface area contributed by atoms with E-state index in [1.165, 1.54) is 6.92 Å². The van der Waals surface area contributed by atoms with Crippen LogP contribution in [0.4, 0.5) is 0 Å². The first-order valence-electron chi connectivity index (χ1n) is 5.53. The third kappa shape index (κ3) is 6.22. The van der Waals surface area contributed by atoms with E-state index in [1.54, 1.807) is 26.0 Å². The summed E-state index contributed by atoms with van der Waals surface area (Å²) in [6.45, 7) is 7.16.